The molecule has 2 aromatic carbocycles. The van der Waals surface area contributed by atoms with E-state index in [0.717, 1.165) is 55.7 Å². The maximum Gasteiger partial charge on any atom is 0.488 e. The van der Waals surface area contributed by atoms with Crippen LogP contribution < -0.4 is 10.9 Å². The molecule has 202 valence electrons. The van der Waals surface area contributed by atoms with Crippen molar-refractivity contribution in [2.45, 2.75) is 0 Å². The second-order valence-corrected chi connectivity index (χ2v) is 10.2. The SMILES string of the molecule is OB(O)c1ccc(C2=C(c3ccc(B(O)O)cc3)c3cc4ccc(cc5ccc(cc6nc(cc2n3)C=C6)[nH]5)[nH]4)cc1. The third-order valence-corrected chi connectivity index (χ3v) is 7.33. The van der Waals surface area contributed by atoms with Crippen LogP contribution in [-0.2, 0) is 0 Å². The number of hydrogen-bond donors (Lipinski definition) is 6. The molecule has 0 amide bonds. The van der Waals surface area contributed by atoms with Gasteiger partial charge in [0.15, 0.2) is 0 Å². The van der Waals surface area contributed by atoms with Crippen molar-refractivity contribution in [3.63, 3.8) is 0 Å². The van der Waals surface area contributed by atoms with E-state index in [1.807, 2.05) is 84.9 Å². The third-order valence-electron chi connectivity index (χ3n) is 7.33. The van der Waals surface area contributed by atoms with Crippen LogP contribution in [0.5, 0.6) is 0 Å². The number of nitrogens with one attached hydrogen (secondary N) is 2. The molecule has 7 rings (SSSR count). The average molecular weight is 550 g/mol. The van der Waals surface area contributed by atoms with Crippen LogP contribution in [-0.4, -0.2) is 54.3 Å². The minimum atomic E-state index is -1.58. The molecule has 8 nitrogen and oxygen atoms in total. The third kappa shape index (κ3) is 5.00. The van der Waals surface area contributed by atoms with Crippen molar-refractivity contribution in [2.24, 2.45) is 0 Å². The summed E-state index contributed by atoms with van der Waals surface area (Å²) in [5.74, 6) is 0. The highest BCUT2D eigenvalue weighted by atomic mass is 16.4. The van der Waals surface area contributed by atoms with Gasteiger partial charge in [0.2, 0.25) is 0 Å². The Morgan fingerprint density at radius 3 is 1.38 bits per heavy atom. The molecule has 0 saturated heterocycles. The van der Waals surface area contributed by atoms with E-state index < -0.39 is 14.2 Å². The lowest BCUT2D eigenvalue weighted by atomic mass is 9.78. The lowest BCUT2D eigenvalue weighted by Crippen LogP contribution is -2.29. The van der Waals surface area contributed by atoms with Crippen LogP contribution in [0.3, 0.4) is 0 Å². The fraction of sp³-hybridized carbons (Fsp3) is 0. The molecule has 8 bridgehead atoms. The Labute approximate surface area is 241 Å². The standard InChI is InChI=1S/C32H24B2N4O4/c39-33(40)21-5-1-19(2-6-21)31-29-17-27-13-11-25(36-27)15-23-9-10-24(35-23)16-26-12-14-28(37-26)18-30(38-29)32(31)20-3-7-22(8-4-20)34(41)42/h1-18,35-36,39-42H. The smallest absolute Gasteiger partial charge is 0.423 e. The summed E-state index contributed by atoms with van der Waals surface area (Å²) < 4.78 is 0. The molecule has 0 aliphatic carbocycles. The number of aromatic nitrogens is 4. The fourth-order valence-corrected chi connectivity index (χ4v) is 5.30. The molecule has 0 unspecified atom stereocenters. The average Bonchev–Trinajstić information content (AvgIpc) is 3.78. The molecule has 0 fully saturated rings. The van der Waals surface area contributed by atoms with Crippen molar-refractivity contribution in [2.75, 3.05) is 0 Å². The van der Waals surface area contributed by atoms with Crippen molar-refractivity contribution in [3.05, 3.63) is 131 Å². The van der Waals surface area contributed by atoms with Crippen LogP contribution in [0, 0.1) is 0 Å². The molecule has 0 spiro atoms. The topological polar surface area (TPSA) is 138 Å². The number of H-pyrrole nitrogens is 2. The Kier molecular flexibility index (Phi) is 6.45. The summed E-state index contributed by atoms with van der Waals surface area (Å²) in [6.45, 7) is 0. The van der Waals surface area contributed by atoms with Gasteiger partial charge < -0.3 is 30.1 Å². The van der Waals surface area contributed by atoms with E-state index in [-0.39, 0.29) is 0 Å². The van der Waals surface area contributed by atoms with E-state index in [1.165, 1.54) is 0 Å². The minimum absolute atomic E-state index is 0.379. The van der Waals surface area contributed by atoms with Gasteiger partial charge in [-0.1, -0.05) is 48.5 Å². The van der Waals surface area contributed by atoms with Gasteiger partial charge in [-0.2, -0.15) is 0 Å². The van der Waals surface area contributed by atoms with Gasteiger partial charge in [0.25, 0.3) is 0 Å². The number of benzene rings is 2. The lowest BCUT2D eigenvalue weighted by Gasteiger charge is -2.11. The maximum atomic E-state index is 9.68. The van der Waals surface area contributed by atoms with Crippen molar-refractivity contribution in [1.82, 2.24) is 19.9 Å². The minimum Gasteiger partial charge on any atom is -0.423 e. The van der Waals surface area contributed by atoms with Crippen molar-refractivity contribution in [3.8, 4) is 0 Å². The van der Waals surface area contributed by atoms with Gasteiger partial charge in [-0.15, -0.1) is 0 Å². The summed E-state index contributed by atoms with van der Waals surface area (Å²) in [6, 6.07) is 30.1. The Morgan fingerprint density at radius 1 is 0.452 bits per heavy atom. The second kappa shape index (κ2) is 10.4. The van der Waals surface area contributed by atoms with Gasteiger partial charge in [-0.25, -0.2) is 9.97 Å². The zero-order chi connectivity index (χ0) is 28.8. The molecule has 2 aliphatic heterocycles. The molecule has 10 heteroatoms. The number of nitrogens with zero attached hydrogens (tertiary/aromatic N) is 2. The molecular formula is C32H24B2N4O4. The fourth-order valence-electron chi connectivity index (χ4n) is 5.30. The van der Waals surface area contributed by atoms with Crippen LogP contribution in [0.1, 0.15) is 33.9 Å². The lowest BCUT2D eigenvalue weighted by molar-refractivity contribution is 0.424. The highest BCUT2D eigenvalue weighted by molar-refractivity contribution is 6.59. The Hall–Kier alpha value is -4.99. The van der Waals surface area contributed by atoms with Gasteiger partial charge in [0.1, 0.15) is 0 Å². The van der Waals surface area contributed by atoms with Crippen LogP contribution >= 0.6 is 0 Å². The predicted molar refractivity (Wildman–Crippen MR) is 167 cm³/mol. The Balaban J connectivity index is 1.55. The van der Waals surface area contributed by atoms with Crippen molar-refractivity contribution < 1.29 is 20.1 Å². The molecule has 3 aromatic heterocycles. The van der Waals surface area contributed by atoms with E-state index >= 15 is 0 Å². The summed E-state index contributed by atoms with van der Waals surface area (Å²) in [5.41, 5.74) is 10.7. The first-order chi connectivity index (χ1) is 20.4. The van der Waals surface area contributed by atoms with Gasteiger partial charge in [-0.05, 0) is 82.7 Å². The summed E-state index contributed by atoms with van der Waals surface area (Å²) in [6.07, 6.45) is 3.90. The summed E-state index contributed by atoms with van der Waals surface area (Å²) in [4.78, 5) is 16.8. The first-order valence-electron chi connectivity index (χ1n) is 13.4. The summed E-state index contributed by atoms with van der Waals surface area (Å²) >= 11 is 0. The zero-order valence-electron chi connectivity index (χ0n) is 22.2. The summed E-state index contributed by atoms with van der Waals surface area (Å²) in [7, 11) is -3.16. The Bertz CT molecular complexity index is 2040. The number of aromatic amines is 2. The van der Waals surface area contributed by atoms with E-state index in [2.05, 4.69) is 9.97 Å². The normalized spacial score (nSPS) is 12.6. The first-order valence-corrected chi connectivity index (χ1v) is 13.4. The van der Waals surface area contributed by atoms with Gasteiger partial charge in [0, 0.05) is 33.2 Å². The van der Waals surface area contributed by atoms with Gasteiger partial charge in [-0.3, -0.25) is 0 Å². The van der Waals surface area contributed by atoms with Crippen molar-refractivity contribution >= 4 is 70.5 Å². The molecule has 5 aromatic rings. The molecule has 2 aliphatic rings. The molecule has 42 heavy (non-hydrogen) atoms. The van der Waals surface area contributed by atoms with E-state index in [9.17, 15) is 20.1 Å². The maximum absolute atomic E-state index is 9.68. The first kappa shape index (κ1) is 25.9. The van der Waals surface area contributed by atoms with Crippen molar-refractivity contribution in [1.29, 1.82) is 0 Å². The summed E-state index contributed by atoms with van der Waals surface area (Å²) in [5, 5.41) is 38.7. The van der Waals surface area contributed by atoms with Gasteiger partial charge >= 0.3 is 14.2 Å². The monoisotopic (exact) mass is 550 g/mol. The number of hydrogen-bond acceptors (Lipinski definition) is 6. The van der Waals surface area contributed by atoms with Crippen LogP contribution in [0.15, 0.2) is 97.1 Å². The highest BCUT2D eigenvalue weighted by Crippen LogP contribution is 2.39. The van der Waals surface area contributed by atoms with Gasteiger partial charge in [0.05, 0.1) is 22.8 Å². The Morgan fingerprint density at radius 2 is 0.881 bits per heavy atom. The van der Waals surface area contributed by atoms with Crippen LogP contribution in [0.4, 0.5) is 0 Å². The number of rotatable bonds is 4. The number of fused-ring (bicyclic) bond motifs is 8. The van der Waals surface area contributed by atoms with Crippen LogP contribution in [0.2, 0.25) is 0 Å². The van der Waals surface area contributed by atoms with E-state index in [4.69, 9.17) is 9.97 Å². The van der Waals surface area contributed by atoms with E-state index in [1.54, 1.807) is 24.3 Å². The molecular weight excluding hydrogens is 526 g/mol. The quantitative estimate of drug-likeness (QED) is 0.187. The molecule has 5 heterocycles. The van der Waals surface area contributed by atoms with Crippen LogP contribution in [0.25, 0.3) is 45.4 Å². The molecule has 0 radical (unpaired) electrons. The largest absolute Gasteiger partial charge is 0.488 e. The molecule has 0 atom stereocenters. The molecule has 6 N–H and O–H groups in total. The van der Waals surface area contributed by atoms with E-state index in [0.29, 0.717) is 22.3 Å². The predicted octanol–water partition coefficient (Wildman–Crippen LogP) is 2.85. The molecule has 0 saturated carbocycles. The zero-order valence-corrected chi connectivity index (χ0v) is 22.2. The highest BCUT2D eigenvalue weighted by Gasteiger charge is 2.24. The second-order valence-electron chi connectivity index (χ2n) is 10.2.